The second-order valence-corrected chi connectivity index (χ2v) is 6.63. The van der Waals surface area contributed by atoms with Gasteiger partial charge in [0.1, 0.15) is 0 Å². The van der Waals surface area contributed by atoms with Crippen molar-refractivity contribution in [3.05, 3.63) is 92.2 Å². The summed E-state index contributed by atoms with van der Waals surface area (Å²) in [6.45, 7) is 3.17. The SMILES string of the molecule is CC(=O)C1=C(C)NC2=C(C(=O)c3ccccc32)C1c1ccccc1[N+](=O)[O-]. The van der Waals surface area contributed by atoms with E-state index in [1.165, 1.54) is 13.0 Å². The van der Waals surface area contributed by atoms with Crippen molar-refractivity contribution >= 4 is 23.0 Å². The number of nitro groups is 1. The van der Waals surface area contributed by atoms with Crippen molar-refractivity contribution in [3.63, 3.8) is 0 Å². The number of hydrogen-bond donors (Lipinski definition) is 1. The lowest BCUT2D eigenvalue weighted by Gasteiger charge is -2.29. The molecule has 6 nitrogen and oxygen atoms in total. The van der Waals surface area contributed by atoms with E-state index in [0.717, 1.165) is 5.56 Å². The summed E-state index contributed by atoms with van der Waals surface area (Å²) in [5.41, 5.74) is 3.54. The van der Waals surface area contributed by atoms with Crippen LogP contribution in [0.4, 0.5) is 5.69 Å². The number of carbonyl (C=O) groups is 2. The van der Waals surface area contributed by atoms with Crippen LogP contribution in [0.2, 0.25) is 0 Å². The quantitative estimate of drug-likeness (QED) is 0.665. The highest BCUT2D eigenvalue weighted by Crippen LogP contribution is 2.48. The molecule has 2 aromatic rings. The Morgan fingerprint density at radius 1 is 1.07 bits per heavy atom. The molecular weight excluding hydrogens is 344 g/mol. The Bertz CT molecular complexity index is 1090. The maximum Gasteiger partial charge on any atom is 0.273 e. The monoisotopic (exact) mass is 360 g/mol. The normalized spacial score (nSPS) is 18.1. The fourth-order valence-corrected chi connectivity index (χ4v) is 4.00. The summed E-state index contributed by atoms with van der Waals surface area (Å²) in [6, 6.07) is 13.5. The number of nitrogens with one attached hydrogen (secondary N) is 1. The first-order chi connectivity index (χ1) is 12.9. The van der Waals surface area contributed by atoms with Crippen molar-refractivity contribution in [2.75, 3.05) is 0 Å². The van der Waals surface area contributed by atoms with Gasteiger partial charge in [0.15, 0.2) is 11.6 Å². The zero-order valence-corrected chi connectivity index (χ0v) is 14.8. The fraction of sp³-hybridized carbons (Fsp3) is 0.143. The minimum Gasteiger partial charge on any atom is -0.358 e. The molecule has 2 aliphatic rings. The van der Waals surface area contributed by atoms with Crippen molar-refractivity contribution in [1.82, 2.24) is 5.32 Å². The number of para-hydroxylation sites is 1. The number of nitrogens with zero attached hydrogens (tertiary/aromatic N) is 1. The van der Waals surface area contributed by atoms with E-state index < -0.39 is 10.8 Å². The topological polar surface area (TPSA) is 89.3 Å². The van der Waals surface area contributed by atoms with Crippen LogP contribution in [0.15, 0.2) is 65.4 Å². The Morgan fingerprint density at radius 3 is 2.37 bits per heavy atom. The van der Waals surface area contributed by atoms with Crippen LogP contribution in [0.25, 0.3) is 5.70 Å². The van der Waals surface area contributed by atoms with Crippen LogP contribution in [0, 0.1) is 10.1 Å². The highest BCUT2D eigenvalue weighted by Gasteiger charge is 2.43. The molecule has 0 aromatic heterocycles. The number of rotatable bonds is 3. The molecule has 0 saturated heterocycles. The molecule has 0 saturated carbocycles. The van der Waals surface area contributed by atoms with Gasteiger partial charge in [-0.2, -0.15) is 0 Å². The average molecular weight is 360 g/mol. The molecule has 1 N–H and O–H groups in total. The van der Waals surface area contributed by atoms with E-state index in [9.17, 15) is 19.7 Å². The second-order valence-electron chi connectivity index (χ2n) is 6.63. The standard InChI is InChI=1S/C21H16N2O4/c1-11-17(12(2)24)18(15-9-5-6-10-16(15)23(26)27)19-20(22-11)13-7-3-4-8-14(13)21(19)25/h3-10,18,22H,1-2H3. The summed E-state index contributed by atoms with van der Waals surface area (Å²) in [7, 11) is 0. The van der Waals surface area contributed by atoms with Crippen molar-refractivity contribution in [2.45, 2.75) is 19.8 Å². The Kier molecular flexibility index (Phi) is 3.77. The summed E-state index contributed by atoms with van der Waals surface area (Å²) in [5, 5.41) is 14.8. The number of allylic oxidation sites excluding steroid dienone is 3. The van der Waals surface area contributed by atoms with Gasteiger partial charge >= 0.3 is 0 Å². The minimum absolute atomic E-state index is 0.105. The largest absolute Gasteiger partial charge is 0.358 e. The Labute approximate surface area is 155 Å². The van der Waals surface area contributed by atoms with Gasteiger partial charge in [0.2, 0.25) is 0 Å². The molecular formula is C21H16N2O4. The Hall–Kier alpha value is -3.54. The van der Waals surface area contributed by atoms with E-state index in [2.05, 4.69) is 5.32 Å². The minimum atomic E-state index is -0.778. The van der Waals surface area contributed by atoms with Crippen molar-refractivity contribution < 1.29 is 14.5 Å². The third-order valence-corrected chi connectivity index (χ3v) is 5.07. The van der Waals surface area contributed by atoms with E-state index in [1.807, 2.05) is 12.1 Å². The summed E-state index contributed by atoms with van der Waals surface area (Å²) in [6.07, 6.45) is 0. The summed E-state index contributed by atoms with van der Waals surface area (Å²) in [4.78, 5) is 36.7. The first-order valence-corrected chi connectivity index (χ1v) is 8.52. The van der Waals surface area contributed by atoms with Crippen LogP contribution in [0.1, 0.15) is 41.3 Å². The maximum absolute atomic E-state index is 13.2. The van der Waals surface area contributed by atoms with E-state index in [0.29, 0.717) is 33.7 Å². The lowest BCUT2D eigenvalue weighted by molar-refractivity contribution is -0.385. The molecule has 2 aromatic carbocycles. The van der Waals surface area contributed by atoms with Crippen molar-refractivity contribution in [3.8, 4) is 0 Å². The molecule has 27 heavy (non-hydrogen) atoms. The number of benzene rings is 2. The average Bonchev–Trinajstić information content (AvgIpc) is 2.93. The van der Waals surface area contributed by atoms with Gasteiger partial charge in [-0.3, -0.25) is 19.7 Å². The van der Waals surface area contributed by atoms with Crippen molar-refractivity contribution in [2.24, 2.45) is 0 Å². The maximum atomic E-state index is 13.2. The van der Waals surface area contributed by atoms with Crippen LogP contribution in [0.5, 0.6) is 0 Å². The summed E-state index contributed by atoms with van der Waals surface area (Å²) in [5.74, 6) is -1.21. The molecule has 1 aliphatic carbocycles. The third-order valence-electron chi connectivity index (χ3n) is 5.07. The fourth-order valence-electron chi connectivity index (χ4n) is 4.00. The van der Waals surface area contributed by atoms with Crippen LogP contribution in [-0.4, -0.2) is 16.5 Å². The molecule has 0 spiro atoms. The first-order valence-electron chi connectivity index (χ1n) is 8.52. The van der Waals surface area contributed by atoms with Crippen LogP contribution >= 0.6 is 0 Å². The third kappa shape index (κ3) is 2.41. The van der Waals surface area contributed by atoms with Gasteiger partial charge in [0.05, 0.1) is 16.5 Å². The van der Waals surface area contributed by atoms with Gasteiger partial charge in [-0.05, 0) is 13.8 Å². The van der Waals surface area contributed by atoms with Crippen LogP contribution in [-0.2, 0) is 4.79 Å². The van der Waals surface area contributed by atoms with Crippen molar-refractivity contribution in [1.29, 1.82) is 0 Å². The smallest absolute Gasteiger partial charge is 0.273 e. The number of ketones is 2. The van der Waals surface area contributed by atoms with Crippen LogP contribution in [0.3, 0.4) is 0 Å². The molecule has 1 heterocycles. The molecule has 0 bridgehead atoms. The number of Topliss-reactive ketones (excluding diaryl/α,β-unsaturated/α-hetero) is 2. The predicted octanol–water partition coefficient (Wildman–Crippen LogP) is 3.75. The molecule has 1 atom stereocenters. The van der Waals surface area contributed by atoms with Gasteiger partial charge in [-0.1, -0.05) is 42.5 Å². The second kappa shape index (κ2) is 6.02. The van der Waals surface area contributed by atoms with Gasteiger partial charge < -0.3 is 5.32 Å². The Morgan fingerprint density at radius 2 is 1.70 bits per heavy atom. The lowest BCUT2D eigenvalue weighted by atomic mass is 9.78. The molecule has 1 unspecified atom stereocenters. The van der Waals surface area contributed by atoms with Gasteiger partial charge in [-0.15, -0.1) is 0 Å². The zero-order valence-electron chi connectivity index (χ0n) is 14.8. The molecule has 1 aliphatic heterocycles. The molecule has 0 radical (unpaired) electrons. The van der Waals surface area contributed by atoms with E-state index in [1.54, 1.807) is 37.3 Å². The first kappa shape index (κ1) is 16.9. The summed E-state index contributed by atoms with van der Waals surface area (Å²) >= 11 is 0. The lowest BCUT2D eigenvalue weighted by Crippen LogP contribution is -2.28. The molecule has 134 valence electrons. The molecule has 6 heteroatoms. The number of dihydropyridines is 1. The highest BCUT2D eigenvalue weighted by atomic mass is 16.6. The zero-order chi connectivity index (χ0) is 19.3. The summed E-state index contributed by atoms with van der Waals surface area (Å²) < 4.78 is 0. The van der Waals surface area contributed by atoms with Crippen LogP contribution < -0.4 is 5.32 Å². The van der Waals surface area contributed by atoms with E-state index in [4.69, 9.17) is 0 Å². The predicted molar refractivity (Wildman–Crippen MR) is 100 cm³/mol. The van der Waals surface area contributed by atoms with E-state index in [-0.39, 0.29) is 17.3 Å². The number of fused-ring (bicyclic) bond motifs is 2. The number of carbonyl (C=O) groups excluding carboxylic acids is 2. The molecule has 4 rings (SSSR count). The molecule has 0 fully saturated rings. The number of nitro benzene ring substituents is 1. The van der Waals surface area contributed by atoms with E-state index >= 15 is 0 Å². The molecule has 0 amide bonds. The van der Waals surface area contributed by atoms with Gasteiger partial charge in [0.25, 0.3) is 5.69 Å². The van der Waals surface area contributed by atoms with Gasteiger partial charge in [-0.25, -0.2) is 0 Å². The van der Waals surface area contributed by atoms with Gasteiger partial charge in [0, 0.05) is 39.6 Å². The highest BCUT2D eigenvalue weighted by molar-refractivity contribution is 6.23. The number of hydrogen-bond acceptors (Lipinski definition) is 5. The Balaban J connectivity index is 2.02.